The van der Waals surface area contributed by atoms with Gasteiger partial charge in [-0.25, -0.2) is 4.79 Å². The molecule has 8 nitrogen and oxygen atoms in total. The zero-order chi connectivity index (χ0) is 32.9. The summed E-state index contributed by atoms with van der Waals surface area (Å²) in [7, 11) is 0. The van der Waals surface area contributed by atoms with E-state index >= 15 is 0 Å². The molecule has 3 amide bonds. The zero-order valence-corrected chi connectivity index (χ0v) is 25.6. The highest BCUT2D eigenvalue weighted by molar-refractivity contribution is 7.99. The third kappa shape index (κ3) is 8.48. The Morgan fingerprint density at radius 3 is 1.98 bits per heavy atom. The average Bonchev–Trinajstić information content (AvgIpc) is 3.04. The van der Waals surface area contributed by atoms with E-state index in [4.69, 9.17) is 9.47 Å². The summed E-state index contributed by atoms with van der Waals surface area (Å²) in [6, 6.07) is 8.42. The van der Waals surface area contributed by atoms with Crippen LogP contribution in [-0.2, 0) is 26.6 Å². The average molecular weight is 673 g/mol. The fourth-order valence-corrected chi connectivity index (χ4v) is 6.68. The number of carbonyl (C=O) groups excluding carboxylic acids is 2. The van der Waals surface area contributed by atoms with Crippen LogP contribution in [-0.4, -0.2) is 98.4 Å². The van der Waals surface area contributed by atoms with Crippen molar-refractivity contribution in [2.24, 2.45) is 0 Å². The number of piperidine rings is 1. The molecule has 3 aliphatic rings. The molecule has 46 heavy (non-hydrogen) atoms. The number of morpholine rings is 2. The van der Waals surface area contributed by atoms with Crippen molar-refractivity contribution in [2.45, 2.75) is 41.0 Å². The van der Waals surface area contributed by atoms with E-state index in [9.17, 15) is 35.9 Å². The third-order valence-electron chi connectivity index (χ3n) is 7.97. The second kappa shape index (κ2) is 14.6. The Kier molecular flexibility index (Phi) is 10.7. The Morgan fingerprint density at radius 1 is 0.783 bits per heavy atom. The van der Waals surface area contributed by atoms with Gasteiger partial charge in [-0.2, -0.15) is 26.3 Å². The molecule has 5 rings (SSSR count). The highest BCUT2D eigenvalue weighted by atomic mass is 32.2. The molecule has 0 atom stereocenters. The number of anilines is 1. The molecule has 2 aromatic rings. The van der Waals surface area contributed by atoms with E-state index in [0.29, 0.717) is 74.6 Å². The second-order valence-corrected chi connectivity index (χ2v) is 12.2. The number of ether oxygens (including phenoxy) is 2. The number of rotatable bonds is 6. The third-order valence-corrected chi connectivity index (χ3v) is 9.02. The quantitative estimate of drug-likeness (QED) is 0.297. The van der Waals surface area contributed by atoms with Gasteiger partial charge in [0.1, 0.15) is 0 Å². The number of urea groups is 1. The first-order valence-corrected chi connectivity index (χ1v) is 15.7. The molecule has 0 aliphatic carbocycles. The first-order chi connectivity index (χ1) is 21.9. The number of hydrogen-bond acceptors (Lipinski definition) is 6. The van der Waals surface area contributed by atoms with Crippen molar-refractivity contribution in [3.63, 3.8) is 0 Å². The van der Waals surface area contributed by atoms with Crippen molar-refractivity contribution in [3.8, 4) is 0 Å². The number of alkyl halides is 6. The molecule has 250 valence electrons. The summed E-state index contributed by atoms with van der Waals surface area (Å²) >= 11 is 0.582. The lowest BCUT2D eigenvalue weighted by atomic mass is 9.99. The zero-order valence-electron chi connectivity index (χ0n) is 24.8. The maximum Gasteiger partial charge on any atom is 0.418 e. The number of nitrogens with one attached hydrogen (secondary N) is 1. The van der Waals surface area contributed by atoms with Gasteiger partial charge in [-0.1, -0.05) is 23.9 Å². The van der Waals surface area contributed by atoms with Crippen LogP contribution in [0.4, 0.5) is 36.8 Å². The fourth-order valence-electron chi connectivity index (χ4n) is 5.64. The van der Waals surface area contributed by atoms with Crippen molar-refractivity contribution in [3.05, 3.63) is 59.2 Å². The number of carbonyl (C=O) groups is 2. The molecule has 0 bridgehead atoms. The van der Waals surface area contributed by atoms with Crippen LogP contribution in [0.3, 0.4) is 0 Å². The number of halogens is 6. The fraction of sp³-hybridized carbons (Fsp3) is 0.484. The Hall–Kier alpha value is -3.43. The van der Waals surface area contributed by atoms with Gasteiger partial charge in [0.05, 0.1) is 37.6 Å². The van der Waals surface area contributed by atoms with Crippen molar-refractivity contribution < 1.29 is 45.4 Å². The highest BCUT2D eigenvalue weighted by Gasteiger charge is 2.46. The molecule has 3 heterocycles. The number of nitrogens with zero attached hydrogens (tertiary/aromatic N) is 3. The largest absolute Gasteiger partial charge is 0.418 e. The molecule has 0 aromatic heterocycles. The molecular formula is C31H34F6N4O4S. The smallest absolute Gasteiger partial charge is 0.382 e. The van der Waals surface area contributed by atoms with Crippen LogP contribution in [0, 0.1) is 0 Å². The Balaban J connectivity index is 1.31. The van der Waals surface area contributed by atoms with Gasteiger partial charge in [0.15, 0.2) is 0 Å². The minimum atomic E-state index is -5.34. The van der Waals surface area contributed by atoms with Crippen molar-refractivity contribution in [2.75, 3.05) is 71.0 Å². The normalized spacial score (nSPS) is 18.7. The molecule has 2 aromatic carbocycles. The van der Waals surface area contributed by atoms with E-state index in [2.05, 4.69) is 5.32 Å². The number of benzene rings is 2. The predicted molar refractivity (Wildman–Crippen MR) is 159 cm³/mol. The summed E-state index contributed by atoms with van der Waals surface area (Å²) < 4.78 is 96.2. The van der Waals surface area contributed by atoms with E-state index in [1.165, 1.54) is 11.0 Å². The van der Waals surface area contributed by atoms with E-state index in [-0.39, 0.29) is 38.4 Å². The minimum Gasteiger partial charge on any atom is -0.382 e. The summed E-state index contributed by atoms with van der Waals surface area (Å²) in [6.07, 6.45) is -7.71. The highest BCUT2D eigenvalue weighted by Crippen LogP contribution is 2.48. The summed E-state index contributed by atoms with van der Waals surface area (Å²) in [5, 5.41) is 3.35. The SMILES string of the molecule is O=C(C=Cc1ccc(Sc2cccc(NC3CCN(C(=O)N4CCOCC4)CC3)c2)c(C(F)(F)F)c1C(F)(F)F)N1CCOCC1. The van der Waals surface area contributed by atoms with E-state index in [1.54, 1.807) is 28.0 Å². The van der Waals surface area contributed by atoms with Gasteiger partial charge in [-0.15, -0.1) is 0 Å². The monoisotopic (exact) mass is 672 g/mol. The molecular weight excluding hydrogens is 638 g/mol. The van der Waals surface area contributed by atoms with Gasteiger partial charge in [0, 0.05) is 66.9 Å². The molecule has 0 radical (unpaired) electrons. The standard InChI is InChI=1S/C31H34F6N4O4S/c32-30(33,34)27-21(5-7-26(42)39-12-16-44-17-13-39)4-6-25(28(27)31(35,36)37)46-24-3-1-2-23(20-24)38-22-8-10-40(11-9-22)29(43)41-14-18-45-19-15-41/h1-7,20,22,38H,8-19H2. The maximum absolute atomic E-state index is 14.3. The Bertz CT molecular complexity index is 1420. The van der Waals surface area contributed by atoms with Crippen LogP contribution in [0.1, 0.15) is 29.5 Å². The van der Waals surface area contributed by atoms with Gasteiger partial charge in [-0.3, -0.25) is 4.79 Å². The van der Waals surface area contributed by atoms with Crippen LogP contribution < -0.4 is 5.32 Å². The van der Waals surface area contributed by atoms with Gasteiger partial charge < -0.3 is 29.5 Å². The van der Waals surface area contributed by atoms with Gasteiger partial charge in [0.2, 0.25) is 5.91 Å². The number of hydrogen-bond donors (Lipinski definition) is 1. The van der Waals surface area contributed by atoms with Crippen LogP contribution in [0.5, 0.6) is 0 Å². The van der Waals surface area contributed by atoms with Crippen LogP contribution in [0.2, 0.25) is 0 Å². The molecule has 3 aliphatic heterocycles. The Morgan fingerprint density at radius 2 is 1.37 bits per heavy atom. The molecule has 1 N–H and O–H groups in total. The van der Waals surface area contributed by atoms with Gasteiger partial charge >= 0.3 is 18.4 Å². The van der Waals surface area contributed by atoms with E-state index < -0.39 is 39.8 Å². The topological polar surface area (TPSA) is 74.4 Å². The van der Waals surface area contributed by atoms with E-state index in [1.807, 2.05) is 0 Å². The molecule has 3 fully saturated rings. The van der Waals surface area contributed by atoms with Crippen LogP contribution >= 0.6 is 11.8 Å². The number of amides is 3. The van der Waals surface area contributed by atoms with Crippen LogP contribution in [0.25, 0.3) is 6.08 Å². The van der Waals surface area contributed by atoms with Crippen LogP contribution in [0.15, 0.2) is 52.3 Å². The lowest BCUT2D eigenvalue weighted by molar-refractivity contribution is -0.163. The van der Waals surface area contributed by atoms with Gasteiger partial charge in [-0.05, 0) is 48.7 Å². The molecule has 0 saturated carbocycles. The van der Waals surface area contributed by atoms with Crippen molar-refractivity contribution >= 4 is 35.5 Å². The first kappa shape index (κ1) is 33.9. The summed E-state index contributed by atoms with van der Waals surface area (Å²) in [5.74, 6) is -0.609. The summed E-state index contributed by atoms with van der Waals surface area (Å²) in [4.78, 5) is 29.9. The Labute approximate surface area is 266 Å². The predicted octanol–water partition coefficient (Wildman–Crippen LogP) is 6.08. The molecule has 0 unspecified atom stereocenters. The second-order valence-electron chi connectivity index (χ2n) is 11.1. The minimum absolute atomic E-state index is 0.00259. The maximum atomic E-state index is 14.3. The molecule has 3 saturated heterocycles. The lowest BCUT2D eigenvalue weighted by Crippen LogP contribution is -2.51. The van der Waals surface area contributed by atoms with Gasteiger partial charge in [0.25, 0.3) is 0 Å². The lowest BCUT2D eigenvalue weighted by Gasteiger charge is -2.37. The van der Waals surface area contributed by atoms with Crippen molar-refractivity contribution in [1.29, 1.82) is 0 Å². The first-order valence-electron chi connectivity index (χ1n) is 14.9. The number of likely N-dealkylation sites (tertiary alicyclic amines) is 1. The van der Waals surface area contributed by atoms with E-state index in [0.717, 1.165) is 24.3 Å². The summed E-state index contributed by atoms with van der Waals surface area (Å²) in [6.45, 7) is 4.21. The molecule has 0 spiro atoms. The van der Waals surface area contributed by atoms with Crippen molar-refractivity contribution in [1.82, 2.24) is 14.7 Å². The molecule has 15 heteroatoms. The summed E-state index contributed by atoms with van der Waals surface area (Å²) in [5.41, 5.74) is -3.79.